The summed E-state index contributed by atoms with van der Waals surface area (Å²) in [5.41, 5.74) is 5.57. The van der Waals surface area contributed by atoms with Crippen LogP contribution in [0.2, 0.25) is 0 Å². The van der Waals surface area contributed by atoms with Crippen molar-refractivity contribution in [2.24, 2.45) is 11.7 Å². The van der Waals surface area contributed by atoms with Gasteiger partial charge in [-0.1, -0.05) is 6.92 Å². The quantitative estimate of drug-likeness (QED) is 0.662. The molecule has 66 valence electrons. The van der Waals surface area contributed by atoms with Crippen LogP contribution in [0.4, 0.5) is 0 Å². The molecule has 1 aliphatic heterocycles. The van der Waals surface area contributed by atoms with Gasteiger partial charge in [-0.2, -0.15) is 0 Å². The van der Waals surface area contributed by atoms with Gasteiger partial charge in [-0.3, -0.25) is 0 Å². The van der Waals surface area contributed by atoms with E-state index in [4.69, 9.17) is 5.73 Å². The first-order chi connectivity index (χ1) is 5.24. The molecule has 2 heteroatoms. The molecule has 2 N–H and O–H groups in total. The summed E-state index contributed by atoms with van der Waals surface area (Å²) in [5.74, 6) is 0.663. The summed E-state index contributed by atoms with van der Waals surface area (Å²) in [7, 11) is 0. The van der Waals surface area contributed by atoms with Crippen molar-refractivity contribution in [2.45, 2.75) is 32.7 Å². The molecule has 2 atom stereocenters. The van der Waals surface area contributed by atoms with E-state index in [1.54, 1.807) is 0 Å². The van der Waals surface area contributed by atoms with Crippen molar-refractivity contribution >= 4 is 0 Å². The van der Waals surface area contributed by atoms with Crippen LogP contribution >= 0.6 is 0 Å². The molecule has 1 fully saturated rings. The predicted molar refractivity (Wildman–Crippen MR) is 48.5 cm³/mol. The molecule has 0 spiro atoms. The Kier molecular flexibility index (Phi) is 3.34. The minimum Gasteiger partial charge on any atom is -0.330 e. The Morgan fingerprint density at radius 1 is 1.64 bits per heavy atom. The first-order valence-electron chi connectivity index (χ1n) is 4.68. The molecule has 1 heterocycles. The van der Waals surface area contributed by atoms with Crippen molar-refractivity contribution in [3.63, 3.8) is 0 Å². The van der Waals surface area contributed by atoms with E-state index in [1.165, 1.54) is 25.9 Å². The normalized spacial score (nSPS) is 29.2. The molecule has 2 nitrogen and oxygen atoms in total. The van der Waals surface area contributed by atoms with Crippen molar-refractivity contribution in [1.82, 2.24) is 4.90 Å². The van der Waals surface area contributed by atoms with Crippen LogP contribution in [0.5, 0.6) is 0 Å². The molecule has 1 aliphatic rings. The molecular formula is C9H20N2. The SMILES string of the molecule is CC(CN)CN1CCCC1C. The van der Waals surface area contributed by atoms with Crippen LogP contribution in [-0.4, -0.2) is 30.6 Å². The van der Waals surface area contributed by atoms with E-state index in [9.17, 15) is 0 Å². The topological polar surface area (TPSA) is 29.3 Å². The summed E-state index contributed by atoms with van der Waals surface area (Å²) in [6, 6.07) is 0.795. The zero-order chi connectivity index (χ0) is 8.27. The van der Waals surface area contributed by atoms with Gasteiger partial charge in [0.2, 0.25) is 0 Å². The van der Waals surface area contributed by atoms with Gasteiger partial charge in [0.1, 0.15) is 0 Å². The van der Waals surface area contributed by atoms with Gasteiger partial charge in [0, 0.05) is 12.6 Å². The second kappa shape index (κ2) is 4.07. The van der Waals surface area contributed by atoms with E-state index in [2.05, 4.69) is 18.7 Å². The Labute approximate surface area is 69.8 Å². The van der Waals surface area contributed by atoms with Gasteiger partial charge < -0.3 is 10.6 Å². The lowest BCUT2D eigenvalue weighted by molar-refractivity contribution is 0.234. The smallest absolute Gasteiger partial charge is 0.00675 e. The van der Waals surface area contributed by atoms with E-state index in [1.807, 2.05) is 0 Å². The fourth-order valence-electron chi connectivity index (χ4n) is 1.74. The third kappa shape index (κ3) is 2.46. The summed E-state index contributed by atoms with van der Waals surface area (Å²) in [4.78, 5) is 2.55. The van der Waals surface area contributed by atoms with Crippen LogP contribution in [0, 0.1) is 5.92 Å². The second-order valence-electron chi connectivity index (χ2n) is 3.83. The van der Waals surface area contributed by atoms with Crippen LogP contribution in [0.25, 0.3) is 0 Å². The van der Waals surface area contributed by atoms with E-state index >= 15 is 0 Å². The van der Waals surface area contributed by atoms with Gasteiger partial charge >= 0.3 is 0 Å². The Balaban J connectivity index is 2.24. The number of likely N-dealkylation sites (tertiary alicyclic amines) is 1. The molecule has 0 aromatic carbocycles. The lowest BCUT2D eigenvalue weighted by Crippen LogP contribution is -2.33. The zero-order valence-corrected chi connectivity index (χ0v) is 7.71. The molecular weight excluding hydrogens is 136 g/mol. The van der Waals surface area contributed by atoms with E-state index in [0.717, 1.165) is 12.6 Å². The van der Waals surface area contributed by atoms with Gasteiger partial charge in [-0.05, 0) is 38.8 Å². The zero-order valence-electron chi connectivity index (χ0n) is 7.71. The lowest BCUT2D eigenvalue weighted by atomic mass is 10.1. The third-order valence-electron chi connectivity index (χ3n) is 2.64. The fourth-order valence-corrected chi connectivity index (χ4v) is 1.74. The van der Waals surface area contributed by atoms with Crippen LogP contribution in [0.15, 0.2) is 0 Å². The summed E-state index contributed by atoms with van der Waals surface area (Å²) in [6.07, 6.45) is 2.75. The first kappa shape index (κ1) is 9.01. The molecule has 0 aromatic rings. The molecule has 0 radical (unpaired) electrons. The molecule has 0 saturated carbocycles. The van der Waals surface area contributed by atoms with Gasteiger partial charge in [0.25, 0.3) is 0 Å². The van der Waals surface area contributed by atoms with E-state index < -0.39 is 0 Å². The number of rotatable bonds is 3. The van der Waals surface area contributed by atoms with Crippen molar-refractivity contribution < 1.29 is 0 Å². The highest BCUT2D eigenvalue weighted by Gasteiger charge is 2.20. The number of nitrogens with zero attached hydrogens (tertiary/aromatic N) is 1. The number of hydrogen-bond donors (Lipinski definition) is 1. The molecule has 0 aliphatic carbocycles. The van der Waals surface area contributed by atoms with Gasteiger partial charge in [0.15, 0.2) is 0 Å². The van der Waals surface area contributed by atoms with E-state index in [-0.39, 0.29) is 0 Å². The largest absolute Gasteiger partial charge is 0.330 e. The van der Waals surface area contributed by atoms with E-state index in [0.29, 0.717) is 5.92 Å². The molecule has 1 rings (SSSR count). The minimum absolute atomic E-state index is 0.663. The second-order valence-corrected chi connectivity index (χ2v) is 3.83. The monoisotopic (exact) mass is 156 g/mol. The highest BCUT2D eigenvalue weighted by Crippen LogP contribution is 2.17. The average molecular weight is 156 g/mol. The third-order valence-corrected chi connectivity index (χ3v) is 2.64. The standard InChI is InChI=1S/C9H20N2/c1-8(6-10)7-11-5-3-4-9(11)2/h8-9H,3-7,10H2,1-2H3. The summed E-state index contributed by atoms with van der Waals surface area (Å²) < 4.78 is 0. The fraction of sp³-hybridized carbons (Fsp3) is 1.00. The first-order valence-corrected chi connectivity index (χ1v) is 4.68. The van der Waals surface area contributed by atoms with Crippen molar-refractivity contribution in [2.75, 3.05) is 19.6 Å². The summed E-state index contributed by atoms with van der Waals surface area (Å²) in [6.45, 7) is 7.84. The Bertz CT molecular complexity index is 114. The van der Waals surface area contributed by atoms with Crippen molar-refractivity contribution in [3.05, 3.63) is 0 Å². The highest BCUT2D eigenvalue weighted by molar-refractivity contribution is 4.76. The Hall–Kier alpha value is -0.0800. The van der Waals surface area contributed by atoms with Crippen molar-refractivity contribution in [3.8, 4) is 0 Å². The number of hydrogen-bond acceptors (Lipinski definition) is 2. The Morgan fingerprint density at radius 2 is 2.36 bits per heavy atom. The molecule has 0 aromatic heterocycles. The lowest BCUT2D eigenvalue weighted by Gasteiger charge is -2.23. The minimum atomic E-state index is 0.663. The summed E-state index contributed by atoms with van der Waals surface area (Å²) in [5, 5.41) is 0. The molecule has 1 saturated heterocycles. The molecule has 0 amide bonds. The molecule has 11 heavy (non-hydrogen) atoms. The Morgan fingerprint density at radius 3 is 2.82 bits per heavy atom. The maximum absolute atomic E-state index is 5.57. The molecule has 0 bridgehead atoms. The maximum atomic E-state index is 5.57. The van der Waals surface area contributed by atoms with Crippen LogP contribution in [0.3, 0.4) is 0 Å². The number of nitrogens with two attached hydrogens (primary N) is 1. The van der Waals surface area contributed by atoms with Crippen LogP contribution in [0.1, 0.15) is 26.7 Å². The highest BCUT2D eigenvalue weighted by atomic mass is 15.2. The van der Waals surface area contributed by atoms with Crippen LogP contribution < -0.4 is 5.73 Å². The maximum Gasteiger partial charge on any atom is 0.00675 e. The van der Waals surface area contributed by atoms with Gasteiger partial charge in [-0.15, -0.1) is 0 Å². The van der Waals surface area contributed by atoms with Gasteiger partial charge in [0.05, 0.1) is 0 Å². The summed E-state index contributed by atoms with van der Waals surface area (Å²) >= 11 is 0. The average Bonchev–Trinajstić information content (AvgIpc) is 2.37. The molecule has 2 unspecified atom stereocenters. The van der Waals surface area contributed by atoms with Gasteiger partial charge in [-0.25, -0.2) is 0 Å². The van der Waals surface area contributed by atoms with Crippen molar-refractivity contribution in [1.29, 1.82) is 0 Å². The predicted octanol–water partition coefficient (Wildman–Crippen LogP) is 1.07. The van der Waals surface area contributed by atoms with Crippen LogP contribution in [-0.2, 0) is 0 Å².